The van der Waals surface area contributed by atoms with E-state index in [1.54, 1.807) is 35.9 Å². The number of carbonyl (C=O) groups is 1. The van der Waals surface area contributed by atoms with E-state index in [9.17, 15) is 14.9 Å². The van der Waals surface area contributed by atoms with E-state index in [4.69, 9.17) is 4.42 Å². The number of rotatable bonds is 6. The Labute approximate surface area is 174 Å². The van der Waals surface area contributed by atoms with Gasteiger partial charge in [-0.25, -0.2) is 5.43 Å². The highest BCUT2D eigenvalue weighted by Crippen LogP contribution is 2.30. The molecule has 2 aromatic heterocycles. The van der Waals surface area contributed by atoms with Crippen LogP contribution in [0.3, 0.4) is 0 Å². The van der Waals surface area contributed by atoms with Crippen LogP contribution in [0.25, 0.3) is 11.3 Å². The van der Waals surface area contributed by atoms with Crippen LogP contribution in [0.1, 0.15) is 22.7 Å². The Bertz CT molecular complexity index is 1120. The summed E-state index contributed by atoms with van der Waals surface area (Å²) in [6, 6.07) is 8.16. The van der Waals surface area contributed by atoms with Gasteiger partial charge in [-0.1, -0.05) is 12.1 Å². The largest absolute Gasteiger partial charge is 0.455 e. The Morgan fingerprint density at radius 1 is 1.34 bits per heavy atom. The number of nitrogens with zero attached hydrogens (tertiary/aromatic N) is 4. The molecule has 0 spiro atoms. The highest BCUT2D eigenvalue weighted by atomic mass is 79.9. The monoisotopic (exact) mass is 459 g/mol. The quantitative estimate of drug-likeness (QED) is 0.341. The van der Waals surface area contributed by atoms with E-state index in [0.29, 0.717) is 22.6 Å². The van der Waals surface area contributed by atoms with Crippen LogP contribution in [0, 0.1) is 30.9 Å². The van der Waals surface area contributed by atoms with Crippen LogP contribution < -0.4 is 5.43 Å². The number of nitrogens with one attached hydrogen (secondary N) is 1. The molecular weight excluding hydrogens is 442 g/mol. The summed E-state index contributed by atoms with van der Waals surface area (Å²) >= 11 is 3.42. The van der Waals surface area contributed by atoms with Crippen molar-refractivity contribution in [2.45, 2.75) is 27.3 Å². The second kappa shape index (κ2) is 8.39. The number of halogens is 1. The zero-order valence-electron chi connectivity index (χ0n) is 16.0. The first-order valence-corrected chi connectivity index (χ1v) is 9.43. The minimum atomic E-state index is -0.430. The standard InChI is InChI=1S/C19H18BrN5O4/c1-11-15(5-4-6-16(11)25(27)28)17-8-7-14(29-17)9-21-22-18(26)10-24-13(3)19(20)12(2)23-24/h4-9H,10H2,1-3H3,(H,22,26)/b21-9+. The summed E-state index contributed by atoms with van der Waals surface area (Å²) in [4.78, 5) is 22.7. The van der Waals surface area contributed by atoms with Crippen LogP contribution in [0.2, 0.25) is 0 Å². The molecule has 1 N–H and O–H groups in total. The Balaban J connectivity index is 1.66. The molecule has 0 bridgehead atoms. The molecule has 2 heterocycles. The Kier molecular flexibility index (Phi) is 5.92. The fourth-order valence-electron chi connectivity index (χ4n) is 2.82. The van der Waals surface area contributed by atoms with Crippen LogP contribution in [0.4, 0.5) is 5.69 Å². The molecule has 1 amide bonds. The third-order valence-corrected chi connectivity index (χ3v) is 5.51. The summed E-state index contributed by atoms with van der Waals surface area (Å²) in [5.41, 5.74) is 5.24. The van der Waals surface area contributed by atoms with Crippen molar-refractivity contribution in [2.75, 3.05) is 0 Å². The Morgan fingerprint density at radius 3 is 2.76 bits per heavy atom. The molecular formula is C19H18BrN5O4. The number of nitro groups is 1. The average molecular weight is 460 g/mol. The minimum Gasteiger partial charge on any atom is -0.455 e. The van der Waals surface area contributed by atoms with E-state index >= 15 is 0 Å². The van der Waals surface area contributed by atoms with E-state index in [1.165, 1.54) is 12.3 Å². The van der Waals surface area contributed by atoms with E-state index in [1.807, 2.05) is 13.8 Å². The van der Waals surface area contributed by atoms with Gasteiger partial charge in [0.15, 0.2) is 0 Å². The number of hydrazone groups is 1. The molecule has 0 aliphatic carbocycles. The average Bonchev–Trinajstić information content (AvgIpc) is 3.23. The predicted octanol–water partition coefficient (Wildman–Crippen LogP) is 3.89. The fraction of sp³-hybridized carbons (Fsp3) is 0.211. The number of hydrogen-bond donors (Lipinski definition) is 1. The van der Waals surface area contributed by atoms with E-state index in [-0.39, 0.29) is 18.1 Å². The number of amides is 1. The second-order valence-electron chi connectivity index (χ2n) is 6.34. The lowest BCUT2D eigenvalue weighted by atomic mass is 10.1. The zero-order chi connectivity index (χ0) is 21.1. The number of hydrogen-bond acceptors (Lipinski definition) is 6. The highest BCUT2D eigenvalue weighted by molar-refractivity contribution is 9.10. The molecule has 0 aliphatic rings. The first-order chi connectivity index (χ1) is 13.8. The van der Waals surface area contributed by atoms with Crippen molar-refractivity contribution in [3.05, 3.63) is 67.6 Å². The first kappa shape index (κ1) is 20.5. The van der Waals surface area contributed by atoms with E-state index < -0.39 is 4.92 Å². The maximum Gasteiger partial charge on any atom is 0.273 e. The molecule has 10 heteroatoms. The maximum atomic E-state index is 12.1. The van der Waals surface area contributed by atoms with Crippen LogP contribution in [-0.2, 0) is 11.3 Å². The lowest BCUT2D eigenvalue weighted by Gasteiger charge is -2.03. The van der Waals surface area contributed by atoms with Gasteiger partial charge in [-0.2, -0.15) is 10.2 Å². The minimum absolute atomic E-state index is 0.0252. The van der Waals surface area contributed by atoms with E-state index in [0.717, 1.165) is 15.9 Å². The van der Waals surface area contributed by atoms with E-state index in [2.05, 4.69) is 31.6 Å². The van der Waals surface area contributed by atoms with Crippen molar-refractivity contribution < 1.29 is 14.1 Å². The molecule has 0 aliphatic heterocycles. The molecule has 3 rings (SSSR count). The van der Waals surface area contributed by atoms with Gasteiger partial charge in [-0.15, -0.1) is 0 Å². The molecule has 29 heavy (non-hydrogen) atoms. The van der Waals surface area contributed by atoms with Crippen molar-refractivity contribution >= 4 is 33.7 Å². The Morgan fingerprint density at radius 2 is 2.10 bits per heavy atom. The maximum absolute atomic E-state index is 12.1. The van der Waals surface area contributed by atoms with Gasteiger partial charge in [0.05, 0.1) is 27.0 Å². The van der Waals surface area contributed by atoms with Crippen LogP contribution in [0.5, 0.6) is 0 Å². The molecule has 150 valence electrons. The van der Waals surface area contributed by atoms with Crippen molar-refractivity contribution in [2.24, 2.45) is 5.10 Å². The van der Waals surface area contributed by atoms with Gasteiger partial charge >= 0.3 is 0 Å². The molecule has 0 radical (unpaired) electrons. The summed E-state index contributed by atoms with van der Waals surface area (Å²) in [5, 5.41) is 19.3. The smallest absolute Gasteiger partial charge is 0.273 e. The molecule has 9 nitrogen and oxygen atoms in total. The van der Waals surface area contributed by atoms with Crippen molar-refractivity contribution in [3.8, 4) is 11.3 Å². The van der Waals surface area contributed by atoms with Crippen molar-refractivity contribution in [3.63, 3.8) is 0 Å². The number of carbonyl (C=O) groups excluding carboxylic acids is 1. The SMILES string of the molecule is Cc1nn(CC(=O)N/N=C/c2ccc(-c3cccc([N+](=O)[O-])c3C)o2)c(C)c1Br. The lowest BCUT2D eigenvalue weighted by molar-refractivity contribution is -0.385. The molecule has 0 saturated carbocycles. The van der Waals surface area contributed by atoms with Gasteiger partial charge in [-0.05, 0) is 48.8 Å². The summed E-state index contributed by atoms with van der Waals surface area (Å²) in [6.45, 7) is 5.41. The Hall–Kier alpha value is -3.27. The van der Waals surface area contributed by atoms with Crippen molar-refractivity contribution in [1.82, 2.24) is 15.2 Å². The van der Waals surface area contributed by atoms with Gasteiger partial charge < -0.3 is 4.42 Å². The topological polar surface area (TPSA) is 116 Å². The summed E-state index contributed by atoms with van der Waals surface area (Å²) in [6.07, 6.45) is 1.37. The van der Waals surface area contributed by atoms with Crippen LogP contribution in [-0.4, -0.2) is 26.8 Å². The number of aromatic nitrogens is 2. The molecule has 0 unspecified atom stereocenters. The first-order valence-electron chi connectivity index (χ1n) is 8.63. The summed E-state index contributed by atoms with van der Waals surface area (Å²) in [7, 11) is 0. The van der Waals surface area contributed by atoms with Crippen molar-refractivity contribution in [1.29, 1.82) is 0 Å². The molecule has 0 atom stereocenters. The summed E-state index contributed by atoms with van der Waals surface area (Å²) < 4.78 is 8.13. The van der Waals surface area contributed by atoms with Gasteiger partial charge in [0, 0.05) is 17.2 Å². The van der Waals surface area contributed by atoms with Gasteiger partial charge in [0.1, 0.15) is 18.1 Å². The van der Waals surface area contributed by atoms with Crippen LogP contribution in [0.15, 0.2) is 44.3 Å². The number of nitro benzene ring substituents is 1. The molecule has 0 saturated heterocycles. The number of aryl methyl sites for hydroxylation is 1. The normalized spacial score (nSPS) is 11.2. The number of furan rings is 1. The second-order valence-corrected chi connectivity index (χ2v) is 7.14. The zero-order valence-corrected chi connectivity index (χ0v) is 17.6. The summed E-state index contributed by atoms with van der Waals surface area (Å²) in [5.74, 6) is 0.548. The van der Waals surface area contributed by atoms with Gasteiger partial charge in [0.25, 0.3) is 11.6 Å². The molecule has 1 aromatic carbocycles. The predicted molar refractivity (Wildman–Crippen MR) is 111 cm³/mol. The molecule has 0 fully saturated rings. The van der Waals surface area contributed by atoms with Gasteiger partial charge in [0.2, 0.25) is 0 Å². The lowest BCUT2D eigenvalue weighted by Crippen LogP contribution is -2.24. The van der Waals surface area contributed by atoms with Crippen LogP contribution >= 0.6 is 15.9 Å². The third-order valence-electron chi connectivity index (χ3n) is 4.36. The number of benzene rings is 1. The molecule has 3 aromatic rings. The fourth-order valence-corrected chi connectivity index (χ4v) is 3.11. The highest BCUT2D eigenvalue weighted by Gasteiger charge is 2.16. The third kappa shape index (κ3) is 4.43. The van der Waals surface area contributed by atoms with Gasteiger partial charge in [-0.3, -0.25) is 19.6 Å².